The van der Waals surface area contributed by atoms with Gasteiger partial charge in [-0.15, -0.1) is 0 Å². The standard InChI is InChI=1S/C12H14O2S/c1-10-12(8-5-9-14-10)15(13)11-6-3-2-4-7-11/h2-4,6-8,10H,5,9H2,1H3. The summed E-state index contributed by atoms with van der Waals surface area (Å²) in [5.41, 5.74) is 0. The lowest BCUT2D eigenvalue weighted by Gasteiger charge is -2.20. The van der Waals surface area contributed by atoms with Crippen LogP contribution < -0.4 is 0 Å². The first-order valence-corrected chi connectivity index (χ1v) is 6.22. The summed E-state index contributed by atoms with van der Waals surface area (Å²) in [5.74, 6) is 0. The maximum absolute atomic E-state index is 12.2. The fourth-order valence-corrected chi connectivity index (χ4v) is 2.92. The van der Waals surface area contributed by atoms with Crippen molar-refractivity contribution in [2.45, 2.75) is 24.3 Å². The Kier molecular flexibility index (Phi) is 3.34. The lowest BCUT2D eigenvalue weighted by Crippen LogP contribution is -2.19. The van der Waals surface area contributed by atoms with Crippen molar-refractivity contribution in [3.8, 4) is 0 Å². The Balaban J connectivity index is 2.25. The van der Waals surface area contributed by atoms with Crippen molar-refractivity contribution in [1.29, 1.82) is 0 Å². The van der Waals surface area contributed by atoms with Crippen LogP contribution in [0.1, 0.15) is 13.3 Å². The molecule has 0 amide bonds. The van der Waals surface area contributed by atoms with E-state index >= 15 is 0 Å². The molecule has 0 saturated carbocycles. The molecular formula is C12H14O2S. The van der Waals surface area contributed by atoms with Crippen LogP contribution in [0.15, 0.2) is 46.2 Å². The van der Waals surface area contributed by atoms with Crippen LogP contribution in [0.3, 0.4) is 0 Å². The number of benzene rings is 1. The van der Waals surface area contributed by atoms with Gasteiger partial charge in [-0.25, -0.2) is 4.21 Å². The first-order chi connectivity index (χ1) is 7.29. The molecule has 0 fully saturated rings. The van der Waals surface area contributed by atoms with Crippen molar-refractivity contribution < 1.29 is 8.95 Å². The molecule has 3 heteroatoms. The van der Waals surface area contributed by atoms with Crippen molar-refractivity contribution >= 4 is 10.8 Å². The molecule has 80 valence electrons. The summed E-state index contributed by atoms with van der Waals surface area (Å²) < 4.78 is 17.6. The third kappa shape index (κ3) is 2.36. The molecule has 0 radical (unpaired) electrons. The minimum atomic E-state index is -1.06. The Morgan fingerprint density at radius 2 is 2.07 bits per heavy atom. The average molecular weight is 222 g/mol. The highest BCUT2D eigenvalue weighted by Crippen LogP contribution is 2.22. The Morgan fingerprint density at radius 1 is 1.33 bits per heavy atom. The molecule has 15 heavy (non-hydrogen) atoms. The van der Waals surface area contributed by atoms with Crippen molar-refractivity contribution in [1.82, 2.24) is 0 Å². The monoisotopic (exact) mass is 222 g/mol. The van der Waals surface area contributed by atoms with Crippen LogP contribution in [0.2, 0.25) is 0 Å². The zero-order valence-electron chi connectivity index (χ0n) is 8.68. The molecule has 0 N–H and O–H groups in total. The van der Waals surface area contributed by atoms with Crippen molar-refractivity contribution in [2.24, 2.45) is 0 Å². The van der Waals surface area contributed by atoms with Crippen LogP contribution in [0.4, 0.5) is 0 Å². The van der Waals surface area contributed by atoms with Gasteiger partial charge in [-0.1, -0.05) is 24.3 Å². The molecule has 1 heterocycles. The second-order valence-electron chi connectivity index (χ2n) is 3.49. The molecular weight excluding hydrogens is 208 g/mol. The Bertz CT molecular complexity index is 384. The van der Waals surface area contributed by atoms with Crippen molar-refractivity contribution in [3.63, 3.8) is 0 Å². The Labute approximate surface area is 92.4 Å². The van der Waals surface area contributed by atoms with Gasteiger partial charge in [0.2, 0.25) is 0 Å². The van der Waals surface area contributed by atoms with Gasteiger partial charge >= 0.3 is 0 Å². The molecule has 2 rings (SSSR count). The second kappa shape index (κ2) is 4.73. The van der Waals surface area contributed by atoms with Gasteiger partial charge in [0.25, 0.3) is 0 Å². The first kappa shape index (κ1) is 10.6. The van der Waals surface area contributed by atoms with Gasteiger partial charge in [0.05, 0.1) is 23.5 Å². The first-order valence-electron chi connectivity index (χ1n) is 5.07. The second-order valence-corrected chi connectivity index (χ2v) is 4.97. The molecule has 0 bridgehead atoms. The van der Waals surface area contributed by atoms with Crippen LogP contribution >= 0.6 is 0 Å². The summed E-state index contributed by atoms with van der Waals surface area (Å²) in [5, 5.41) is 0. The van der Waals surface area contributed by atoms with Crippen molar-refractivity contribution in [3.05, 3.63) is 41.3 Å². The highest BCUT2D eigenvalue weighted by molar-refractivity contribution is 7.89. The lowest BCUT2D eigenvalue weighted by molar-refractivity contribution is 0.0892. The molecule has 0 saturated heterocycles. The van der Waals surface area contributed by atoms with E-state index in [1.54, 1.807) is 0 Å². The van der Waals surface area contributed by atoms with Gasteiger partial charge in [-0.3, -0.25) is 0 Å². The summed E-state index contributed by atoms with van der Waals surface area (Å²) >= 11 is 0. The normalized spacial score (nSPS) is 23.3. The maximum Gasteiger partial charge on any atom is 0.0880 e. The Morgan fingerprint density at radius 3 is 2.73 bits per heavy atom. The maximum atomic E-state index is 12.2. The van der Waals surface area contributed by atoms with E-state index < -0.39 is 10.8 Å². The van der Waals surface area contributed by atoms with Gasteiger partial charge in [-0.2, -0.15) is 0 Å². The van der Waals surface area contributed by atoms with Gasteiger partial charge in [-0.05, 0) is 25.5 Å². The summed E-state index contributed by atoms with van der Waals surface area (Å²) in [7, 11) is -1.06. The molecule has 0 aromatic heterocycles. The topological polar surface area (TPSA) is 26.3 Å². The molecule has 0 aliphatic carbocycles. The van der Waals surface area contributed by atoms with Crippen LogP contribution in [0.25, 0.3) is 0 Å². The summed E-state index contributed by atoms with van der Waals surface area (Å²) in [6.07, 6.45) is 2.87. The zero-order valence-corrected chi connectivity index (χ0v) is 9.50. The van der Waals surface area contributed by atoms with Crippen molar-refractivity contribution in [2.75, 3.05) is 6.61 Å². The number of hydrogen-bond acceptors (Lipinski definition) is 2. The summed E-state index contributed by atoms with van der Waals surface area (Å²) in [6, 6.07) is 9.51. The van der Waals surface area contributed by atoms with Crippen LogP contribution in [-0.4, -0.2) is 16.9 Å². The molecule has 0 spiro atoms. The predicted octanol–water partition coefficient (Wildman–Crippen LogP) is 2.49. The summed E-state index contributed by atoms with van der Waals surface area (Å²) in [4.78, 5) is 1.74. The lowest BCUT2D eigenvalue weighted by atomic mass is 10.2. The molecule has 2 atom stereocenters. The number of hydrogen-bond donors (Lipinski definition) is 0. The molecule has 2 nitrogen and oxygen atoms in total. The van der Waals surface area contributed by atoms with E-state index in [0.29, 0.717) is 0 Å². The fourth-order valence-electron chi connectivity index (χ4n) is 1.60. The third-order valence-corrected chi connectivity index (χ3v) is 4.03. The minimum absolute atomic E-state index is 0.0280. The zero-order chi connectivity index (χ0) is 10.7. The van der Waals surface area contributed by atoms with E-state index in [9.17, 15) is 4.21 Å². The number of ether oxygens (including phenoxy) is 1. The van der Waals surface area contributed by atoms with Gasteiger partial charge in [0.1, 0.15) is 0 Å². The van der Waals surface area contributed by atoms with E-state index in [2.05, 4.69) is 0 Å². The third-order valence-electron chi connectivity index (χ3n) is 2.40. The largest absolute Gasteiger partial charge is 0.373 e. The van der Waals surface area contributed by atoms with Gasteiger partial charge in [0.15, 0.2) is 0 Å². The molecule has 1 aromatic rings. The molecule has 2 unspecified atom stereocenters. The molecule has 1 aliphatic heterocycles. The number of rotatable bonds is 2. The van der Waals surface area contributed by atoms with Gasteiger partial charge < -0.3 is 4.74 Å². The minimum Gasteiger partial charge on any atom is -0.373 e. The SMILES string of the molecule is CC1OCCC=C1S(=O)c1ccccc1. The van der Waals surface area contributed by atoms with E-state index in [0.717, 1.165) is 22.8 Å². The van der Waals surface area contributed by atoms with E-state index in [1.807, 2.05) is 43.3 Å². The van der Waals surface area contributed by atoms with E-state index in [-0.39, 0.29) is 6.10 Å². The van der Waals surface area contributed by atoms with E-state index in [1.165, 1.54) is 0 Å². The smallest absolute Gasteiger partial charge is 0.0880 e. The highest BCUT2D eigenvalue weighted by atomic mass is 32.2. The van der Waals surface area contributed by atoms with Crippen LogP contribution in [0.5, 0.6) is 0 Å². The van der Waals surface area contributed by atoms with Crippen LogP contribution in [0, 0.1) is 0 Å². The Hall–Kier alpha value is -0.930. The average Bonchev–Trinajstić information content (AvgIpc) is 2.30. The van der Waals surface area contributed by atoms with Gasteiger partial charge in [0, 0.05) is 9.80 Å². The summed E-state index contributed by atoms with van der Waals surface area (Å²) in [6.45, 7) is 2.68. The quantitative estimate of drug-likeness (QED) is 0.768. The highest BCUT2D eigenvalue weighted by Gasteiger charge is 2.19. The fraction of sp³-hybridized carbons (Fsp3) is 0.333. The molecule has 1 aromatic carbocycles. The molecule has 1 aliphatic rings. The van der Waals surface area contributed by atoms with E-state index in [4.69, 9.17) is 4.74 Å². The van der Waals surface area contributed by atoms with Crippen LogP contribution in [-0.2, 0) is 15.5 Å². The predicted molar refractivity (Wildman–Crippen MR) is 61.0 cm³/mol.